The lowest BCUT2D eigenvalue weighted by molar-refractivity contribution is -0.106. The summed E-state index contributed by atoms with van der Waals surface area (Å²) in [5.74, 6) is 0.922. The van der Waals surface area contributed by atoms with E-state index in [9.17, 15) is 13.2 Å². The van der Waals surface area contributed by atoms with Gasteiger partial charge in [0.2, 0.25) is 5.95 Å². The van der Waals surface area contributed by atoms with Gasteiger partial charge in [0.15, 0.2) is 5.65 Å². The molecule has 0 aliphatic heterocycles. The summed E-state index contributed by atoms with van der Waals surface area (Å²) < 4.78 is 49.2. The lowest BCUT2D eigenvalue weighted by atomic mass is 10.3. The van der Waals surface area contributed by atoms with Gasteiger partial charge in [0.05, 0.1) is 32.1 Å². The van der Waals surface area contributed by atoms with Crippen LogP contribution in [-0.2, 0) is 11.3 Å². The van der Waals surface area contributed by atoms with Crippen LogP contribution in [0.2, 0.25) is 0 Å². The minimum Gasteiger partial charge on any atom is -0.494 e. The lowest BCUT2D eigenvalue weighted by Gasteiger charge is -2.08. The number of alkyl halides is 3. The Labute approximate surface area is 183 Å². The number of halogens is 3. The fourth-order valence-electron chi connectivity index (χ4n) is 2.60. The van der Waals surface area contributed by atoms with Gasteiger partial charge in [-0.05, 0) is 30.7 Å². The van der Waals surface area contributed by atoms with Gasteiger partial charge < -0.3 is 19.8 Å². The van der Waals surface area contributed by atoms with Crippen LogP contribution in [0.3, 0.4) is 0 Å². The van der Waals surface area contributed by atoms with Crippen molar-refractivity contribution in [2.75, 3.05) is 31.5 Å². The summed E-state index contributed by atoms with van der Waals surface area (Å²) in [7, 11) is -0.312. The molecule has 0 saturated carbocycles. The average molecular weight is 473 g/mol. The second kappa shape index (κ2) is 11.0. The molecule has 0 saturated heterocycles. The second-order valence-corrected chi connectivity index (χ2v) is 8.72. The van der Waals surface area contributed by atoms with Gasteiger partial charge in [0, 0.05) is 11.4 Å². The van der Waals surface area contributed by atoms with Crippen LogP contribution in [0.5, 0.6) is 5.75 Å². The van der Waals surface area contributed by atoms with Crippen molar-refractivity contribution in [3.8, 4) is 5.75 Å². The highest BCUT2D eigenvalue weighted by Gasteiger charge is 2.26. The Bertz CT molecular complexity index is 985. The molecule has 7 nitrogen and oxygen atoms in total. The van der Waals surface area contributed by atoms with Crippen molar-refractivity contribution in [2.45, 2.75) is 36.0 Å². The number of nitrogen functional groups attached to an aromatic ring is 1. The number of anilines is 1. The fourth-order valence-corrected chi connectivity index (χ4v) is 4.15. The van der Waals surface area contributed by atoms with E-state index in [1.165, 1.54) is 11.8 Å². The smallest absolute Gasteiger partial charge is 0.392 e. The standard InChI is InChI=1S/C19H23F3N5O2PS/c1-2-8-29-13-3-5-14(6-4-13)31-17-15-16(25-18(23)26-17)27(11-24-15)7-9-28-12-30-10-19(20,21)22/h3-6,11,30H,2,7-10,12H2,1H3,(H2,23,25,26). The molecule has 0 amide bonds. The number of rotatable bonds is 11. The van der Waals surface area contributed by atoms with Crippen LogP contribution in [0, 0.1) is 0 Å². The monoisotopic (exact) mass is 473 g/mol. The predicted molar refractivity (Wildman–Crippen MR) is 116 cm³/mol. The summed E-state index contributed by atoms with van der Waals surface area (Å²) in [5, 5.41) is 0.621. The molecule has 31 heavy (non-hydrogen) atoms. The Hall–Kier alpha value is -2.10. The summed E-state index contributed by atoms with van der Waals surface area (Å²) >= 11 is 1.42. The van der Waals surface area contributed by atoms with E-state index in [0.29, 0.717) is 29.3 Å². The largest absolute Gasteiger partial charge is 0.494 e. The Balaban J connectivity index is 1.63. The predicted octanol–water partition coefficient (Wildman–Crippen LogP) is 4.56. The van der Waals surface area contributed by atoms with Crippen molar-refractivity contribution >= 4 is 37.5 Å². The molecule has 1 unspecified atom stereocenters. The van der Waals surface area contributed by atoms with Crippen LogP contribution in [0.15, 0.2) is 40.5 Å². The Morgan fingerprint density at radius 2 is 1.94 bits per heavy atom. The van der Waals surface area contributed by atoms with Crippen LogP contribution in [0.4, 0.5) is 19.1 Å². The summed E-state index contributed by atoms with van der Waals surface area (Å²) in [6, 6.07) is 7.67. The first kappa shape index (κ1) is 23.6. The van der Waals surface area contributed by atoms with Crippen molar-refractivity contribution in [1.82, 2.24) is 19.5 Å². The number of hydrogen-bond acceptors (Lipinski definition) is 7. The highest BCUT2D eigenvalue weighted by atomic mass is 32.2. The molecule has 0 aliphatic rings. The van der Waals surface area contributed by atoms with Gasteiger partial charge in [-0.15, -0.1) is 0 Å². The molecule has 12 heteroatoms. The maximum atomic E-state index is 12.2. The fraction of sp³-hybridized carbons (Fsp3) is 0.421. The van der Waals surface area contributed by atoms with Crippen LogP contribution in [-0.4, -0.2) is 51.4 Å². The number of fused-ring (bicyclic) bond motifs is 1. The molecule has 2 heterocycles. The van der Waals surface area contributed by atoms with E-state index in [1.807, 2.05) is 24.3 Å². The molecular formula is C19H23F3N5O2PS. The zero-order chi connectivity index (χ0) is 22.3. The number of aromatic nitrogens is 4. The zero-order valence-electron chi connectivity index (χ0n) is 16.9. The maximum Gasteiger partial charge on any atom is 0.392 e. The number of imidazole rings is 1. The van der Waals surface area contributed by atoms with E-state index >= 15 is 0 Å². The highest BCUT2D eigenvalue weighted by Crippen LogP contribution is 2.32. The van der Waals surface area contributed by atoms with Gasteiger partial charge in [-0.2, -0.15) is 18.2 Å². The number of hydrogen-bond donors (Lipinski definition) is 1. The van der Waals surface area contributed by atoms with Crippen molar-refractivity contribution < 1.29 is 22.6 Å². The number of ether oxygens (including phenoxy) is 2. The van der Waals surface area contributed by atoms with E-state index in [0.717, 1.165) is 17.1 Å². The quantitative estimate of drug-likeness (QED) is 0.248. The van der Waals surface area contributed by atoms with Crippen molar-refractivity contribution in [3.05, 3.63) is 30.6 Å². The lowest BCUT2D eigenvalue weighted by Crippen LogP contribution is -2.11. The first-order valence-electron chi connectivity index (χ1n) is 9.60. The molecule has 1 aromatic carbocycles. The second-order valence-electron chi connectivity index (χ2n) is 6.51. The van der Waals surface area contributed by atoms with Crippen LogP contribution in [0.1, 0.15) is 13.3 Å². The summed E-state index contributed by atoms with van der Waals surface area (Å²) in [6.45, 7) is 3.37. The van der Waals surface area contributed by atoms with Crippen LogP contribution in [0.25, 0.3) is 11.2 Å². The van der Waals surface area contributed by atoms with Crippen molar-refractivity contribution in [2.24, 2.45) is 0 Å². The van der Waals surface area contributed by atoms with Crippen LogP contribution < -0.4 is 10.5 Å². The summed E-state index contributed by atoms with van der Waals surface area (Å²) in [5.41, 5.74) is 7.04. The Morgan fingerprint density at radius 1 is 1.16 bits per heavy atom. The Kier molecular flexibility index (Phi) is 8.34. The third kappa shape index (κ3) is 7.22. The van der Waals surface area contributed by atoms with E-state index < -0.39 is 12.3 Å². The molecule has 0 aliphatic carbocycles. The molecular weight excluding hydrogens is 450 g/mol. The molecule has 0 bridgehead atoms. The van der Waals surface area contributed by atoms with Crippen LogP contribution >= 0.6 is 20.3 Å². The molecule has 1 atom stereocenters. The summed E-state index contributed by atoms with van der Waals surface area (Å²) in [4.78, 5) is 13.9. The molecule has 0 fully saturated rings. The van der Waals surface area contributed by atoms with Gasteiger partial charge in [-0.3, -0.25) is 0 Å². The molecule has 0 spiro atoms. The van der Waals surface area contributed by atoms with Gasteiger partial charge in [-0.25, -0.2) is 9.97 Å². The minimum atomic E-state index is -4.15. The third-order valence-electron chi connectivity index (χ3n) is 3.97. The maximum absolute atomic E-state index is 12.2. The molecule has 3 aromatic rings. The van der Waals surface area contributed by atoms with Crippen molar-refractivity contribution in [3.63, 3.8) is 0 Å². The zero-order valence-corrected chi connectivity index (χ0v) is 18.7. The number of nitrogens with two attached hydrogens (primary N) is 1. The summed E-state index contributed by atoms with van der Waals surface area (Å²) in [6.07, 6.45) is -2.35. The molecule has 168 valence electrons. The molecule has 2 N–H and O–H groups in total. The van der Waals surface area contributed by atoms with E-state index in [1.54, 1.807) is 10.9 Å². The normalized spacial score (nSPS) is 12.3. The minimum absolute atomic E-state index is 0.0718. The third-order valence-corrected chi connectivity index (χ3v) is 6.01. The van der Waals surface area contributed by atoms with Gasteiger partial charge in [0.25, 0.3) is 0 Å². The first-order valence-corrected chi connectivity index (χ1v) is 11.8. The van der Waals surface area contributed by atoms with E-state index in [4.69, 9.17) is 15.2 Å². The van der Waals surface area contributed by atoms with Gasteiger partial charge in [0.1, 0.15) is 16.3 Å². The first-order chi connectivity index (χ1) is 14.9. The average Bonchev–Trinajstić information content (AvgIpc) is 3.12. The molecule has 0 radical (unpaired) electrons. The highest BCUT2D eigenvalue weighted by molar-refractivity contribution is 7.99. The Morgan fingerprint density at radius 3 is 2.65 bits per heavy atom. The molecule has 3 rings (SSSR count). The number of nitrogens with zero attached hydrogens (tertiary/aromatic N) is 4. The van der Waals surface area contributed by atoms with Gasteiger partial charge in [-0.1, -0.05) is 27.3 Å². The van der Waals surface area contributed by atoms with E-state index in [-0.39, 0.29) is 27.5 Å². The number of benzene rings is 1. The molecule has 2 aromatic heterocycles. The van der Waals surface area contributed by atoms with E-state index in [2.05, 4.69) is 21.9 Å². The van der Waals surface area contributed by atoms with Gasteiger partial charge >= 0.3 is 6.18 Å². The van der Waals surface area contributed by atoms with Crippen molar-refractivity contribution in [1.29, 1.82) is 0 Å². The SMILES string of the molecule is CCCOc1ccc(Sc2nc(N)nc3c2ncn3CCOCPCC(F)(F)F)cc1. The topological polar surface area (TPSA) is 88.1 Å².